The van der Waals surface area contributed by atoms with Crippen LogP contribution >= 0.6 is 130 Å². The predicted octanol–water partition coefficient (Wildman–Crippen LogP) is 37.2. The summed E-state index contributed by atoms with van der Waals surface area (Å²) in [7, 11) is -51.2. The Morgan fingerprint density at radius 1 is 0.147 bits per heavy atom. The molecule has 16 aromatic rings. The molecule has 16 rings (SSSR count). The molecule has 0 amide bonds. The van der Waals surface area contributed by atoms with E-state index in [1.807, 2.05) is 0 Å². The first kappa shape index (κ1) is 111. The Kier molecular flexibility index (Phi) is 34.4. The minimum Gasteiger partial charge on any atom is -0.0620 e. The van der Waals surface area contributed by atoms with Crippen LogP contribution in [0.2, 0.25) is 0 Å². The number of alkyl halides is 6. The molecule has 0 N–H and O–H groups in total. The summed E-state index contributed by atoms with van der Waals surface area (Å²) in [5.74, 6) is 0. The maximum Gasteiger partial charge on any atom is 0.116 e. The molecule has 0 bridgehead atoms. The molecule has 16 aromatic carbocycles. The van der Waals surface area contributed by atoms with Gasteiger partial charge in [-0.1, -0.05) is 337 Å². The fraction of sp³-hybridized carbons (Fsp3) is 0.0612. The summed E-state index contributed by atoms with van der Waals surface area (Å²) in [6, 6.07) is 164. The Hall–Kier alpha value is -8.46. The van der Waals surface area contributed by atoms with Gasteiger partial charge in [0.1, 0.15) is 92.7 Å². The number of fused-ring (bicyclic) bond motifs is 2. The van der Waals surface area contributed by atoms with Crippen LogP contribution in [0, 0.1) is 0 Å². The van der Waals surface area contributed by atoms with Gasteiger partial charge in [0.15, 0.2) is 8.59 Å². The van der Waals surface area contributed by atoms with E-state index in [1.165, 1.54) is 107 Å². The van der Waals surface area contributed by atoms with Gasteiger partial charge in [0.05, 0.1) is 24.6 Å². The molecule has 0 saturated heterocycles. The van der Waals surface area contributed by atoms with E-state index in [1.54, 1.807) is 0 Å². The molecule has 0 unspecified atom stereocenters. The average molecular weight is 2180 g/mol. The van der Waals surface area contributed by atoms with Crippen molar-refractivity contribution in [2.24, 2.45) is 0 Å². The van der Waals surface area contributed by atoms with Crippen molar-refractivity contribution in [3.05, 3.63) is 459 Å². The Balaban J connectivity index is 0.000000224. The van der Waals surface area contributed by atoms with Crippen LogP contribution in [0.1, 0.15) is 22.3 Å². The van der Waals surface area contributed by atoms with E-state index in [0.717, 1.165) is 24.6 Å². The summed E-state index contributed by atoms with van der Waals surface area (Å²) in [5, 5.41) is 22.1. The van der Waals surface area contributed by atoms with Crippen molar-refractivity contribution in [2.45, 2.75) is 33.2 Å². The summed E-state index contributed by atoms with van der Waals surface area (Å²) in [4.78, 5) is 0. The van der Waals surface area contributed by atoms with Crippen LogP contribution < -0.4 is 63.7 Å². The Bertz CT molecular complexity index is 5280. The van der Waals surface area contributed by atoms with Crippen molar-refractivity contribution in [1.29, 1.82) is 0 Å². The van der Waals surface area contributed by atoms with Gasteiger partial charge < -0.3 is 0 Å². The van der Waals surface area contributed by atoms with Crippen molar-refractivity contribution >= 4 is 215 Å². The van der Waals surface area contributed by atoms with Crippen molar-refractivity contribution in [2.75, 3.05) is 0 Å². The predicted molar refractivity (Wildman–Crippen MR) is 540 cm³/mol. The minimum absolute atomic E-state index is 0.750. The normalized spacial score (nSPS) is 13.9. The molecule has 0 aliphatic rings. The Morgan fingerprint density at radius 2 is 0.221 bits per heavy atom. The van der Waals surface area contributed by atoms with Gasteiger partial charge in [-0.2, -0.15) is 0 Å². The summed E-state index contributed by atoms with van der Waals surface area (Å²) in [5.41, 5.74) is 5.73. The molecule has 0 spiro atoms. The summed E-state index contributed by atoms with van der Waals surface area (Å²) >= 11 is 28.8. The third kappa shape index (κ3) is 38.3. The number of halogens is 30. The topological polar surface area (TPSA) is 0 Å². The zero-order chi connectivity index (χ0) is 100. The van der Waals surface area contributed by atoms with Crippen LogP contribution in [-0.4, -0.2) is 8.59 Å². The maximum absolute atomic E-state index is 10.7. The number of benzene rings is 16. The average Bonchev–Trinajstić information content (AvgIpc) is 0.737. The zero-order valence-corrected chi connectivity index (χ0v) is 82.2. The molecule has 0 fully saturated rings. The Morgan fingerprint density at radius 3 is 0.301 bits per heavy atom. The van der Waals surface area contributed by atoms with Crippen molar-refractivity contribution in [3.8, 4) is 0 Å². The van der Waals surface area contributed by atoms with Gasteiger partial charge in [0.2, 0.25) is 0 Å². The maximum atomic E-state index is 9.87. The first-order chi connectivity index (χ1) is 62.8. The van der Waals surface area contributed by atoms with Crippen LogP contribution in [0.5, 0.6) is 0 Å². The fourth-order valence-electron chi connectivity index (χ4n) is 15.4. The molecule has 0 aliphatic heterocycles. The van der Waals surface area contributed by atoms with E-state index in [0.29, 0.717) is 0 Å². The SMILES string of the molecule is ClC(Cl)Cl.ClC(Cl)Cl.F[P-](F)(F)(F)(F)F.F[P-](F)(F)(F)(F)F.F[P-](F)(F)(F)(F)F.F[P-](F)(F)(F)(F)F.c1ccc([P+](Cc2cc3ccccc3cc2C[P+](c2ccccc2)(c2ccccc2)c2ccccc2)(c2ccccc2)c2ccccc2)cc1.c1ccc([P+](Cc2cc3ccccc3cc2C[P+](c2ccccc2)(c2ccccc2)c2ccccc2)(c2ccccc2)c2ccccc2)cc1. The largest absolute Gasteiger partial charge is 0.116 e. The molecule has 0 saturated carbocycles. The molecule has 0 aromatic heterocycles. The van der Waals surface area contributed by atoms with Gasteiger partial charge in [-0.25, -0.2) is 0 Å². The second kappa shape index (κ2) is 42.1. The molecule has 0 nitrogen and oxygen atoms in total. The third-order valence-electron chi connectivity index (χ3n) is 20.1. The molecule has 136 heavy (non-hydrogen) atoms. The first-order valence-corrected chi connectivity index (χ1v) is 58.7. The van der Waals surface area contributed by atoms with Crippen molar-refractivity contribution in [3.63, 3.8) is 0 Å². The fourth-order valence-corrected chi connectivity index (χ4v) is 32.5. The molecule has 0 radical (unpaired) electrons. The van der Waals surface area contributed by atoms with E-state index < -0.39 is 68.9 Å². The van der Waals surface area contributed by atoms with Crippen molar-refractivity contribution in [1.82, 2.24) is 0 Å². The summed E-state index contributed by atoms with van der Waals surface area (Å²) in [6.07, 6.45) is 3.74. The van der Waals surface area contributed by atoms with Crippen molar-refractivity contribution < 1.29 is 101 Å². The smallest absolute Gasteiger partial charge is 0.0620 e. The molecule has 0 aliphatic carbocycles. The van der Waals surface area contributed by atoms with Crippen LogP contribution in [0.4, 0.5) is 101 Å². The zero-order valence-electron chi connectivity index (χ0n) is 70.5. The number of hydrogen-bond donors (Lipinski definition) is 0. The summed E-state index contributed by atoms with van der Waals surface area (Å²) in [6.45, 7) is 0. The molecule has 724 valence electrons. The number of rotatable bonds is 20. The van der Waals surface area contributed by atoms with Crippen LogP contribution in [0.15, 0.2) is 437 Å². The second-order valence-corrected chi connectivity index (χ2v) is 55.7. The van der Waals surface area contributed by atoms with Crippen LogP contribution in [0.3, 0.4) is 0 Å². The van der Waals surface area contributed by atoms with E-state index >= 15 is 0 Å². The monoisotopic (exact) mass is 2170 g/mol. The van der Waals surface area contributed by atoms with E-state index in [-0.39, 0.29) is 0 Å². The van der Waals surface area contributed by atoms with E-state index in [9.17, 15) is 101 Å². The van der Waals surface area contributed by atoms with Gasteiger partial charge in [-0.05, 0) is 214 Å². The van der Waals surface area contributed by atoms with E-state index in [2.05, 4.69) is 437 Å². The van der Waals surface area contributed by atoms with Gasteiger partial charge in [-0.15, -0.1) is 0 Å². The quantitative estimate of drug-likeness (QED) is 0.0405. The summed E-state index contributed by atoms with van der Waals surface area (Å²) < 4.78 is 235. The first-order valence-electron chi connectivity index (χ1n) is 40.1. The molecular weight excluding hydrogens is 2090 g/mol. The van der Waals surface area contributed by atoms with Gasteiger partial charge in [0, 0.05) is 0 Å². The third-order valence-corrected chi connectivity index (χ3v) is 37.5. The number of hydrogen-bond acceptors (Lipinski definition) is 0. The molecule has 0 atom stereocenters. The van der Waals surface area contributed by atoms with Gasteiger partial charge in [-0.3, -0.25) is 0 Å². The minimum atomic E-state index is -10.7. The van der Waals surface area contributed by atoms with Gasteiger partial charge >= 0.3 is 132 Å². The van der Waals surface area contributed by atoms with E-state index in [4.69, 9.17) is 69.6 Å². The molecule has 0 heterocycles. The molecular formula is C98H82Cl6F24P8. The van der Waals surface area contributed by atoms with Gasteiger partial charge in [0.25, 0.3) is 0 Å². The molecule has 38 heteroatoms. The van der Waals surface area contributed by atoms with Crippen LogP contribution in [-0.2, 0) is 24.6 Å². The Labute approximate surface area is 802 Å². The second-order valence-electron chi connectivity index (χ2n) is 30.2. The van der Waals surface area contributed by atoms with Crippen LogP contribution in [0.25, 0.3) is 21.5 Å². The standard InChI is InChI=1S/2C48H40P2.2CHCl3.4F6P/c2*1-7-23-43(24-8-1)49(44-25-9-2-10-26-44,45-27-11-3-12-28-45)37-41-35-39-21-19-20-22-40(39)36-42(41)38-50(46-29-13-4-14-30-46,47-31-15-5-16-32-47)48-33-17-6-18-34-48;2*2-1(3)4;4*1-7(2,3,4,5)6/h2*1-36H,37-38H2;2*1H;;;;/q2*+2;;;4*-1.